The third kappa shape index (κ3) is 4.46. The number of alkyl halides is 3. The van der Waals surface area contributed by atoms with Crippen LogP contribution >= 0.6 is 0 Å². The van der Waals surface area contributed by atoms with Crippen molar-refractivity contribution in [1.29, 1.82) is 0 Å². The van der Waals surface area contributed by atoms with Gasteiger partial charge in [0.25, 0.3) is 0 Å². The second-order valence-electron chi connectivity index (χ2n) is 7.98. The second-order valence-corrected chi connectivity index (χ2v) is 9.63. The summed E-state index contributed by atoms with van der Waals surface area (Å²) in [7, 11) is -4.89. The maximum atomic E-state index is 14.8. The number of fused-ring (bicyclic) bond motifs is 1. The van der Waals surface area contributed by atoms with E-state index in [4.69, 9.17) is 5.73 Å². The van der Waals surface area contributed by atoms with E-state index in [2.05, 4.69) is 9.97 Å². The van der Waals surface area contributed by atoms with Gasteiger partial charge in [0.2, 0.25) is 15.9 Å². The van der Waals surface area contributed by atoms with Gasteiger partial charge in [-0.05, 0) is 18.2 Å². The summed E-state index contributed by atoms with van der Waals surface area (Å²) in [4.78, 5) is 19.8. The number of carbonyl (C=O) groups is 1. The maximum Gasteiger partial charge on any atom is 0.398 e. The molecule has 1 aliphatic carbocycles. The van der Waals surface area contributed by atoms with Crippen molar-refractivity contribution in [2.75, 3.05) is 0 Å². The molecule has 0 bridgehead atoms. The average molecular weight is 524 g/mol. The molecule has 7 nitrogen and oxygen atoms in total. The van der Waals surface area contributed by atoms with E-state index in [9.17, 15) is 35.2 Å². The number of sulfonamides is 1. The Labute approximate surface area is 201 Å². The van der Waals surface area contributed by atoms with Gasteiger partial charge in [-0.2, -0.15) is 17.9 Å². The predicted octanol–water partition coefficient (Wildman–Crippen LogP) is 3.50. The number of nitrogens with zero attached hydrogens (tertiary/aromatic N) is 2. The van der Waals surface area contributed by atoms with Crippen molar-refractivity contribution in [3.63, 3.8) is 0 Å². The van der Waals surface area contributed by atoms with E-state index in [1.165, 1.54) is 30.6 Å². The van der Waals surface area contributed by atoms with E-state index >= 15 is 0 Å². The van der Waals surface area contributed by atoms with Crippen molar-refractivity contribution < 1.29 is 35.2 Å². The lowest BCUT2D eigenvalue weighted by atomic mass is 9.68. The first-order valence-electron chi connectivity index (χ1n) is 10.3. The van der Waals surface area contributed by atoms with E-state index in [-0.39, 0.29) is 17.1 Å². The fraction of sp³-hybridized carbons (Fsp3) is 0.174. The molecule has 0 aliphatic heterocycles. The topological polar surface area (TPSA) is 115 Å². The largest absolute Gasteiger partial charge is 0.398 e. The molecule has 1 aromatic heterocycles. The summed E-state index contributed by atoms with van der Waals surface area (Å²) >= 11 is 0. The van der Waals surface area contributed by atoms with E-state index in [0.29, 0.717) is 12.1 Å². The molecule has 3 N–H and O–H groups in total. The first-order chi connectivity index (χ1) is 16.9. The summed E-state index contributed by atoms with van der Waals surface area (Å²) in [5.41, 5.74) is 1.45. The van der Waals surface area contributed by atoms with Crippen LogP contribution in [-0.4, -0.2) is 36.0 Å². The summed E-state index contributed by atoms with van der Waals surface area (Å²) in [6.45, 7) is 0. The van der Waals surface area contributed by atoms with E-state index in [1.54, 1.807) is 0 Å². The number of aromatic nitrogens is 2. The molecule has 13 heteroatoms. The normalized spacial score (nSPS) is 21.0. The molecule has 4 rings (SSSR count). The van der Waals surface area contributed by atoms with Gasteiger partial charge in [0.05, 0.1) is 17.0 Å². The third-order valence-electron chi connectivity index (χ3n) is 5.75. The van der Waals surface area contributed by atoms with Crippen LogP contribution in [0.3, 0.4) is 0 Å². The summed E-state index contributed by atoms with van der Waals surface area (Å²) in [5, 5.41) is 0. The molecule has 0 saturated heterocycles. The fourth-order valence-corrected chi connectivity index (χ4v) is 5.88. The zero-order valence-corrected chi connectivity index (χ0v) is 18.9. The van der Waals surface area contributed by atoms with Gasteiger partial charge < -0.3 is 5.73 Å². The number of rotatable bonds is 6. The highest BCUT2D eigenvalue weighted by Gasteiger charge is 2.60. The maximum absolute atomic E-state index is 14.8. The number of amides is 1. The molecule has 36 heavy (non-hydrogen) atoms. The second kappa shape index (κ2) is 9.06. The number of hydrogen-bond acceptors (Lipinski definition) is 5. The van der Waals surface area contributed by atoms with Crippen LogP contribution in [0.4, 0.5) is 22.0 Å². The Morgan fingerprint density at radius 1 is 1.08 bits per heavy atom. The van der Waals surface area contributed by atoms with Crippen LogP contribution in [0.15, 0.2) is 78.0 Å². The molecule has 1 aliphatic rings. The van der Waals surface area contributed by atoms with Gasteiger partial charge in [0, 0.05) is 24.0 Å². The molecule has 3 atom stereocenters. The molecule has 188 valence electrons. The fourth-order valence-electron chi connectivity index (χ4n) is 4.33. The van der Waals surface area contributed by atoms with Gasteiger partial charge in [0.15, 0.2) is 0 Å². The molecule has 3 aromatic rings. The monoisotopic (exact) mass is 524 g/mol. The Balaban J connectivity index is 2.00. The van der Waals surface area contributed by atoms with Crippen LogP contribution in [0, 0.1) is 17.6 Å². The number of carbonyl (C=O) groups excluding carboxylic acids is 1. The van der Waals surface area contributed by atoms with Crippen LogP contribution in [0.5, 0.6) is 0 Å². The van der Waals surface area contributed by atoms with Crippen molar-refractivity contribution in [3.8, 4) is 0 Å². The summed E-state index contributed by atoms with van der Waals surface area (Å²) in [6.07, 6.45) is 1.21. The van der Waals surface area contributed by atoms with Crippen molar-refractivity contribution in [2.45, 2.75) is 22.5 Å². The Hall–Kier alpha value is -3.71. The van der Waals surface area contributed by atoms with Crippen molar-refractivity contribution in [3.05, 3.63) is 90.3 Å². The quantitative estimate of drug-likeness (QED) is 0.479. The van der Waals surface area contributed by atoms with Gasteiger partial charge in [-0.15, -0.1) is 0 Å². The number of nitrogens with one attached hydrogen (secondary N) is 1. The molecule has 0 saturated carbocycles. The number of nitrogens with two attached hydrogens (primary N) is 1. The highest BCUT2D eigenvalue weighted by atomic mass is 32.2. The van der Waals surface area contributed by atoms with Gasteiger partial charge in [-0.3, -0.25) is 14.8 Å². The summed E-state index contributed by atoms with van der Waals surface area (Å²) in [6, 6.07) is 5.22. The molecule has 1 heterocycles. The molecular weight excluding hydrogens is 507 g/mol. The predicted molar refractivity (Wildman–Crippen MR) is 119 cm³/mol. The van der Waals surface area contributed by atoms with Crippen LogP contribution < -0.4 is 10.5 Å². The lowest BCUT2D eigenvalue weighted by molar-refractivity contribution is -0.167. The van der Waals surface area contributed by atoms with Gasteiger partial charge in [-0.25, -0.2) is 17.2 Å². The van der Waals surface area contributed by atoms with Gasteiger partial charge >= 0.3 is 6.18 Å². The zero-order chi connectivity index (χ0) is 26.3. The molecule has 0 radical (unpaired) electrons. The minimum atomic E-state index is -5.33. The zero-order valence-electron chi connectivity index (χ0n) is 18.1. The SMILES string of the molecule is NC(=O)C1C=CC=CC1(NS(=O)(=O)c1cccc2nccnc12)C(c1ccc(F)cc1F)C(F)(F)F. The Bertz CT molecular complexity index is 1500. The summed E-state index contributed by atoms with van der Waals surface area (Å²) < 4.78 is 101. The Kier molecular flexibility index (Phi) is 6.39. The molecule has 2 aromatic carbocycles. The number of para-hydroxylation sites is 1. The highest BCUT2D eigenvalue weighted by molar-refractivity contribution is 7.89. The van der Waals surface area contributed by atoms with Crippen LogP contribution in [0.2, 0.25) is 0 Å². The lowest BCUT2D eigenvalue weighted by Gasteiger charge is -2.44. The Morgan fingerprint density at radius 2 is 1.81 bits per heavy atom. The van der Waals surface area contributed by atoms with E-state index in [0.717, 1.165) is 24.3 Å². The molecule has 3 unspecified atom stereocenters. The smallest absolute Gasteiger partial charge is 0.369 e. The minimum absolute atomic E-state index is 0.136. The van der Waals surface area contributed by atoms with Crippen LogP contribution in [-0.2, 0) is 14.8 Å². The van der Waals surface area contributed by atoms with E-state index < -0.39 is 61.6 Å². The number of primary amides is 1. The number of hydrogen-bond donors (Lipinski definition) is 2. The molecule has 1 amide bonds. The van der Waals surface area contributed by atoms with Crippen molar-refractivity contribution in [2.24, 2.45) is 11.7 Å². The number of halogens is 5. The lowest BCUT2D eigenvalue weighted by Crippen LogP contribution is -2.62. The van der Waals surface area contributed by atoms with Crippen LogP contribution in [0.25, 0.3) is 11.0 Å². The minimum Gasteiger partial charge on any atom is -0.369 e. The van der Waals surface area contributed by atoms with Crippen molar-refractivity contribution in [1.82, 2.24) is 14.7 Å². The van der Waals surface area contributed by atoms with Gasteiger partial charge in [-0.1, -0.05) is 36.4 Å². The highest BCUT2D eigenvalue weighted by Crippen LogP contribution is 2.49. The number of benzene rings is 2. The molecular formula is C23H17F5N4O3S. The molecule has 0 fully saturated rings. The standard InChI is InChI=1S/C23H17F5N4O3S/c24-13-7-8-14(16(25)12-13)20(23(26,27)28)22(9-2-1-4-15(22)21(29)33)32-36(34,35)18-6-3-5-17-19(18)31-11-10-30-17/h1-12,15,20,32H,(H2,29,33). The summed E-state index contributed by atoms with van der Waals surface area (Å²) in [5.74, 6) is -8.94. The first-order valence-corrected chi connectivity index (χ1v) is 11.8. The molecule has 0 spiro atoms. The number of allylic oxidation sites excluding steroid dienone is 2. The van der Waals surface area contributed by atoms with Gasteiger partial charge in [0.1, 0.15) is 28.0 Å². The average Bonchev–Trinajstić information content (AvgIpc) is 2.79. The van der Waals surface area contributed by atoms with Crippen LogP contribution in [0.1, 0.15) is 11.5 Å². The van der Waals surface area contributed by atoms with Crippen molar-refractivity contribution >= 4 is 27.0 Å². The first kappa shape index (κ1) is 25.4. The Morgan fingerprint density at radius 3 is 2.47 bits per heavy atom. The third-order valence-corrected chi connectivity index (χ3v) is 7.28. The van der Waals surface area contributed by atoms with E-state index in [1.807, 2.05) is 4.72 Å².